The first-order valence-corrected chi connectivity index (χ1v) is 9.79. The van der Waals surface area contributed by atoms with Crippen molar-refractivity contribution < 1.29 is 8.91 Å². The zero-order valence-electron chi connectivity index (χ0n) is 16.8. The molecule has 3 aromatic rings. The van der Waals surface area contributed by atoms with Crippen LogP contribution in [0.3, 0.4) is 0 Å². The van der Waals surface area contributed by atoms with E-state index in [0.717, 1.165) is 25.9 Å². The summed E-state index contributed by atoms with van der Waals surface area (Å²) < 4.78 is 22.2. The summed E-state index contributed by atoms with van der Waals surface area (Å²) in [4.78, 5) is 19.8. The second kappa shape index (κ2) is 6.84. The van der Waals surface area contributed by atoms with E-state index >= 15 is 0 Å². The number of benzene rings is 1. The number of aromatic nitrogens is 4. The Hall–Kier alpha value is -2.48. The number of rotatable bonds is 3. The maximum absolute atomic E-state index is 13.8. The van der Waals surface area contributed by atoms with Gasteiger partial charge in [-0.05, 0) is 70.9 Å². The molecule has 0 atom stereocenters. The lowest BCUT2D eigenvalue weighted by Gasteiger charge is -2.40. The van der Waals surface area contributed by atoms with E-state index in [1.54, 1.807) is 10.6 Å². The van der Waals surface area contributed by atoms with Gasteiger partial charge in [-0.3, -0.25) is 9.47 Å². The molecular weight excluding hydrogens is 361 g/mol. The average Bonchev–Trinajstić information content (AvgIpc) is 3.22. The van der Waals surface area contributed by atoms with Gasteiger partial charge in [0.05, 0.1) is 11.0 Å². The van der Waals surface area contributed by atoms with Crippen LogP contribution in [0.15, 0.2) is 27.5 Å². The van der Waals surface area contributed by atoms with Gasteiger partial charge in [0.25, 0.3) is 5.95 Å². The van der Waals surface area contributed by atoms with Gasteiger partial charge < -0.3 is 4.52 Å². The Morgan fingerprint density at radius 3 is 2.57 bits per heavy atom. The third kappa shape index (κ3) is 3.15. The summed E-state index contributed by atoms with van der Waals surface area (Å²) in [5.74, 6) is 0.477. The second-order valence-corrected chi connectivity index (χ2v) is 8.36. The van der Waals surface area contributed by atoms with E-state index in [2.05, 4.69) is 35.8 Å². The molecule has 3 heterocycles. The van der Waals surface area contributed by atoms with E-state index in [1.807, 2.05) is 6.92 Å². The molecule has 2 aromatic heterocycles. The number of likely N-dealkylation sites (tertiary alicyclic amines) is 1. The van der Waals surface area contributed by atoms with Crippen molar-refractivity contribution in [2.45, 2.75) is 58.5 Å². The molecule has 7 nitrogen and oxygen atoms in total. The van der Waals surface area contributed by atoms with Gasteiger partial charge in [-0.2, -0.15) is 4.98 Å². The quantitative estimate of drug-likeness (QED) is 0.690. The van der Waals surface area contributed by atoms with E-state index < -0.39 is 5.82 Å². The molecule has 8 heteroatoms. The minimum atomic E-state index is -0.409. The Bertz CT molecular complexity index is 1050. The van der Waals surface area contributed by atoms with E-state index in [4.69, 9.17) is 4.52 Å². The average molecular weight is 387 g/mol. The monoisotopic (exact) mass is 387 g/mol. The van der Waals surface area contributed by atoms with Crippen molar-refractivity contribution in [1.82, 2.24) is 24.2 Å². The largest absolute Gasteiger partial charge is 0.337 e. The van der Waals surface area contributed by atoms with Gasteiger partial charge >= 0.3 is 5.69 Å². The second-order valence-electron chi connectivity index (χ2n) is 8.36. The van der Waals surface area contributed by atoms with E-state index in [9.17, 15) is 9.18 Å². The SMILES string of the molecule is CCn1c(=O)n(-c2noc(C3CCN(C(C)(C)C)CC3)n2)c2cc(F)ccc21. The third-order valence-corrected chi connectivity index (χ3v) is 5.63. The van der Waals surface area contributed by atoms with Crippen molar-refractivity contribution in [1.29, 1.82) is 0 Å². The molecular formula is C20H26FN5O2. The summed E-state index contributed by atoms with van der Waals surface area (Å²) in [5, 5.41) is 4.05. The van der Waals surface area contributed by atoms with Crippen LogP contribution in [0.2, 0.25) is 0 Å². The van der Waals surface area contributed by atoms with Crippen molar-refractivity contribution in [3.63, 3.8) is 0 Å². The Morgan fingerprint density at radius 2 is 1.93 bits per heavy atom. The predicted octanol–water partition coefficient (Wildman–Crippen LogP) is 3.31. The van der Waals surface area contributed by atoms with Crippen LogP contribution in [-0.2, 0) is 6.54 Å². The fourth-order valence-electron chi connectivity index (χ4n) is 4.01. The van der Waals surface area contributed by atoms with E-state index in [-0.39, 0.29) is 23.1 Å². The van der Waals surface area contributed by atoms with Crippen LogP contribution < -0.4 is 5.69 Å². The van der Waals surface area contributed by atoms with Crippen molar-refractivity contribution in [2.75, 3.05) is 13.1 Å². The van der Waals surface area contributed by atoms with Crippen LogP contribution in [0.4, 0.5) is 4.39 Å². The van der Waals surface area contributed by atoms with Gasteiger partial charge in [0.1, 0.15) is 5.82 Å². The van der Waals surface area contributed by atoms with Crippen LogP contribution in [-0.4, -0.2) is 42.8 Å². The van der Waals surface area contributed by atoms with Crippen molar-refractivity contribution in [2.24, 2.45) is 0 Å². The number of halogens is 1. The maximum Gasteiger partial charge on any atom is 0.336 e. The summed E-state index contributed by atoms with van der Waals surface area (Å²) in [6, 6.07) is 4.29. The summed E-state index contributed by atoms with van der Waals surface area (Å²) in [7, 11) is 0. The van der Waals surface area contributed by atoms with Crippen LogP contribution in [0, 0.1) is 5.82 Å². The van der Waals surface area contributed by atoms with E-state index in [1.165, 1.54) is 16.7 Å². The highest BCUT2D eigenvalue weighted by Gasteiger charge is 2.30. The molecule has 1 saturated heterocycles. The molecule has 0 aliphatic carbocycles. The molecule has 0 N–H and O–H groups in total. The number of hydrogen-bond donors (Lipinski definition) is 0. The highest BCUT2D eigenvalue weighted by Crippen LogP contribution is 2.30. The Kier molecular flexibility index (Phi) is 4.61. The lowest BCUT2D eigenvalue weighted by molar-refractivity contribution is 0.0961. The fraction of sp³-hybridized carbons (Fsp3) is 0.550. The zero-order chi connectivity index (χ0) is 20.1. The standard InChI is InChI=1S/C20H26FN5O2/c1-5-25-15-7-6-14(21)12-16(15)26(19(25)27)18-22-17(28-23-18)13-8-10-24(11-9-13)20(2,3)4/h6-7,12-13H,5,8-11H2,1-4H3. The summed E-state index contributed by atoms with van der Waals surface area (Å²) in [6.07, 6.45) is 1.86. The van der Waals surface area contributed by atoms with Crippen molar-refractivity contribution in [3.05, 3.63) is 40.4 Å². The Balaban J connectivity index is 1.67. The minimum Gasteiger partial charge on any atom is -0.337 e. The third-order valence-electron chi connectivity index (χ3n) is 5.63. The lowest BCUT2D eigenvalue weighted by Crippen LogP contribution is -2.45. The number of nitrogens with zero attached hydrogens (tertiary/aromatic N) is 5. The smallest absolute Gasteiger partial charge is 0.336 e. The molecule has 1 aliphatic rings. The van der Waals surface area contributed by atoms with Crippen LogP contribution in [0.5, 0.6) is 0 Å². The molecule has 0 saturated carbocycles. The van der Waals surface area contributed by atoms with Crippen LogP contribution in [0.25, 0.3) is 17.0 Å². The highest BCUT2D eigenvalue weighted by molar-refractivity contribution is 5.77. The molecule has 1 fully saturated rings. The molecule has 0 spiro atoms. The normalized spacial score (nSPS) is 16.9. The predicted molar refractivity (Wildman–Crippen MR) is 104 cm³/mol. The minimum absolute atomic E-state index is 0.143. The summed E-state index contributed by atoms with van der Waals surface area (Å²) >= 11 is 0. The molecule has 4 rings (SSSR count). The molecule has 28 heavy (non-hydrogen) atoms. The van der Waals surface area contributed by atoms with Gasteiger partial charge in [-0.15, -0.1) is 0 Å². The first-order valence-electron chi connectivity index (χ1n) is 9.79. The molecule has 150 valence electrons. The lowest BCUT2D eigenvalue weighted by atomic mass is 9.93. The molecule has 0 bridgehead atoms. The Labute approximate surface area is 162 Å². The highest BCUT2D eigenvalue weighted by atomic mass is 19.1. The van der Waals surface area contributed by atoms with Crippen LogP contribution in [0.1, 0.15) is 52.3 Å². The number of hydrogen-bond acceptors (Lipinski definition) is 5. The van der Waals surface area contributed by atoms with Crippen LogP contribution >= 0.6 is 0 Å². The zero-order valence-corrected chi connectivity index (χ0v) is 16.8. The molecule has 0 amide bonds. The number of imidazole rings is 1. The molecule has 0 unspecified atom stereocenters. The summed E-state index contributed by atoms with van der Waals surface area (Å²) in [5.41, 5.74) is 0.947. The van der Waals surface area contributed by atoms with Crippen molar-refractivity contribution in [3.8, 4) is 5.95 Å². The fourth-order valence-corrected chi connectivity index (χ4v) is 4.01. The maximum atomic E-state index is 13.8. The molecule has 1 aliphatic heterocycles. The van der Waals surface area contributed by atoms with Gasteiger partial charge in [0.2, 0.25) is 5.89 Å². The molecule has 1 aromatic carbocycles. The van der Waals surface area contributed by atoms with Gasteiger partial charge in [0.15, 0.2) is 0 Å². The number of piperidine rings is 1. The summed E-state index contributed by atoms with van der Waals surface area (Å²) in [6.45, 7) is 10.9. The molecule has 0 radical (unpaired) electrons. The van der Waals surface area contributed by atoms with Gasteiger partial charge in [0, 0.05) is 24.1 Å². The number of fused-ring (bicyclic) bond motifs is 1. The first kappa shape index (κ1) is 18.9. The number of aryl methyl sites for hydroxylation is 1. The Morgan fingerprint density at radius 1 is 1.21 bits per heavy atom. The van der Waals surface area contributed by atoms with Crippen molar-refractivity contribution >= 4 is 11.0 Å². The van der Waals surface area contributed by atoms with Gasteiger partial charge in [-0.1, -0.05) is 0 Å². The first-order chi connectivity index (χ1) is 13.3. The topological polar surface area (TPSA) is 69.1 Å². The van der Waals surface area contributed by atoms with Gasteiger partial charge in [-0.25, -0.2) is 13.8 Å². The van der Waals surface area contributed by atoms with E-state index in [0.29, 0.717) is 23.5 Å².